The van der Waals surface area contributed by atoms with Crippen molar-refractivity contribution in [1.82, 2.24) is 15.3 Å². The number of aromatic hydroxyl groups is 1. The summed E-state index contributed by atoms with van der Waals surface area (Å²) in [6, 6.07) is 4.71. The van der Waals surface area contributed by atoms with Gasteiger partial charge in [0, 0.05) is 25.0 Å². The molecule has 1 aromatic heterocycles. The fraction of sp³-hybridized carbons (Fsp3) is 0.176. The molecule has 0 saturated carbocycles. The molecule has 0 aliphatic heterocycles. The number of carbonyl (C=O) groups is 2. The summed E-state index contributed by atoms with van der Waals surface area (Å²) in [7, 11) is 0. The van der Waals surface area contributed by atoms with E-state index < -0.39 is 0 Å². The van der Waals surface area contributed by atoms with Gasteiger partial charge in [-0.2, -0.15) is 0 Å². The Morgan fingerprint density at radius 3 is 2.54 bits per heavy atom. The topological polar surface area (TPSA) is 112 Å². The van der Waals surface area contributed by atoms with Gasteiger partial charge in [0.05, 0.1) is 12.3 Å². The van der Waals surface area contributed by atoms with Crippen LogP contribution in [0.15, 0.2) is 42.4 Å². The van der Waals surface area contributed by atoms with Crippen molar-refractivity contribution in [2.75, 3.05) is 6.54 Å². The maximum atomic E-state index is 12.3. The number of aromatic nitrogens is 2. The lowest BCUT2D eigenvalue weighted by Gasteiger charge is -2.15. The molecule has 1 aliphatic rings. The average molecular weight is 325 g/mol. The van der Waals surface area contributed by atoms with Crippen LogP contribution in [-0.2, 0) is 13.0 Å². The van der Waals surface area contributed by atoms with E-state index in [-0.39, 0.29) is 41.0 Å². The van der Waals surface area contributed by atoms with E-state index in [1.165, 1.54) is 24.5 Å². The highest BCUT2D eigenvalue weighted by Gasteiger charge is 2.27. The molecule has 7 heteroatoms. The SMILES string of the molecule is O=C1C=C(NCCc2cc(O)ccc2CO)C(=O)c2nccnc21. The highest BCUT2D eigenvalue weighted by atomic mass is 16.3. The molecule has 2 aromatic rings. The summed E-state index contributed by atoms with van der Waals surface area (Å²) in [5.41, 5.74) is 1.73. The first-order valence-electron chi connectivity index (χ1n) is 7.37. The number of Topliss-reactive ketones (excluding diaryl/α,β-unsaturated/α-hetero) is 1. The Kier molecular flexibility index (Phi) is 4.35. The molecule has 0 amide bonds. The number of allylic oxidation sites excluding steroid dienone is 2. The van der Waals surface area contributed by atoms with Crippen LogP contribution in [0.2, 0.25) is 0 Å². The van der Waals surface area contributed by atoms with E-state index in [1.54, 1.807) is 12.1 Å². The minimum absolute atomic E-state index is 0.0425. The Hall–Kier alpha value is -3.06. The number of phenolic OH excluding ortho intramolecular Hbond substituents is 1. The molecular weight excluding hydrogens is 310 g/mol. The molecule has 0 atom stereocenters. The molecule has 1 heterocycles. The number of nitrogens with one attached hydrogen (secondary N) is 1. The third-order valence-corrected chi connectivity index (χ3v) is 3.74. The summed E-state index contributed by atoms with van der Waals surface area (Å²) in [5.74, 6) is -0.640. The van der Waals surface area contributed by atoms with Gasteiger partial charge < -0.3 is 15.5 Å². The second kappa shape index (κ2) is 6.59. The summed E-state index contributed by atoms with van der Waals surface area (Å²) in [6.07, 6.45) is 4.42. The number of phenols is 1. The molecule has 7 nitrogen and oxygen atoms in total. The number of hydrogen-bond acceptors (Lipinski definition) is 7. The third-order valence-electron chi connectivity index (χ3n) is 3.74. The second-order valence-electron chi connectivity index (χ2n) is 5.29. The Morgan fingerprint density at radius 1 is 1.04 bits per heavy atom. The molecule has 0 fully saturated rings. The van der Waals surface area contributed by atoms with Gasteiger partial charge in [-0.3, -0.25) is 9.59 Å². The van der Waals surface area contributed by atoms with Crippen LogP contribution in [0.3, 0.4) is 0 Å². The highest BCUT2D eigenvalue weighted by molar-refractivity contribution is 6.22. The van der Waals surface area contributed by atoms with Crippen LogP contribution in [0.25, 0.3) is 0 Å². The number of ketones is 2. The Bertz CT molecular complexity index is 845. The lowest BCUT2D eigenvalue weighted by atomic mass is 10.0. The van der Waals surface area contributed by atoms with E-state index >= 15 is 0 Å². The van der Waals surface area contributed by atoms with Crippen molar-refractivity contribution in [2.24, 2.45) is 0 Å². The van der Waals surface area contributed by atoms with Gasteiger partial charge in [-0.1, -0.05) is 6.07 Å². The zero-order chi connectivity index (χ0) is 17.1. The lowest BCUT2D eigenvalue weighted by Crippen LogP contribution is -2.29. The summed E-state index contributed by atoms with van der Waals surface area (Å²) >= 11 is 0. The third kappa shape index (κ3) is 3.02. The van der Waals surface area contributed by atoms with Crippen molar-refractivity contribution in [3.8, 4) is 5.75 Å². The van der Waals surface area contributed by atoms with Gasteiger partial charge in [0.2, 0.25) is 11.6 Å². The Balaban J connectivity index is 1.71. The molecule has 122 valence electrons. The van der Waals surface area contributed by atoms with E-state index in [9.17, 15) is 19.8 Å². The van der Waals surface area contributed by atoms with Gasteiger partial charge >= 0.3 is 0 Å². The number of fused-ring (bicyclic) bond motifs is 1. The highest BCUT2D eigenvalue weighted by Crippen LogP contribution is 2.18. The largest absolute Gasteiger partial charge is 0.508 e. The molecule has 0 radical (unpaired) electrons. The van der Waals surface area contributed by atoms with Gasteiger partial charge in [-0.25, -0.2) is 9.97 Å². The fourth-order valence-corrected chi connectivity index (χ4v) is 2.54. The van der Waals surface area contributed by atoms with Crippen LogP contribution in [0, 0.1) is 0 Å². The minimum Gasteiger partial charge on any atom is -0.508 e. The van der Waals surface area contributed by atoms with Gasteiger partial charge in [0.25, 0.3) is 0 Å². The molecule has 1 aromatic carbocycles. The van der Waals surface area contributed by atoms with Crippen molar-refractivity contribution >= 4 is 11.6 Å². The minimum atomic E-state index is -0.379. The molecule has 0 bridgehead atoms. The fourth-order valence-electron chi connectivity index (χ4n) is 2.54. The van der Waals surface area contributed by atoms with E-state index in [0.717, 1.165) is 5.56 Å². The normalized spacial score (nSPS) is 13.5. The predicted octanol–water partition coefficient (Wildman–Crippen LogP) is 0.770. The van der Waals surface area contributed by atoms with Crippen LogP contribution in [0.4, 0.5) is 0 Å². The Labute approximate surface area is 137 Å². The molecule has 24 heavy (non-hydrogen) atoms. The number of nitrogens with zero attached hydrogens (tertiary/aromatic N) is 2. The summed E-state index contributed by atoms with van der Waals surface area (Å²) in [4.78, 5) is 32.1. The molecule has 1 aliphatic carbocycles. The summed E-state index contributed by atoms with van der Waals surface area (Å²) in [5, 5.41) is 21.8. The quantitative estimate of drug-likeness (QED) is 0.744. The van der Waals surface area contributed by atoms with Gasteiger partial charge in [0.15, 0.2) is 0 Å². The van der Waals surface area contributed by atoms with E-state index in [4.69, 9.17) is 0 Å². The van der Waals surface area contributed by atoms with E-state index in [0.29, 0.717) is 18.5 Å². The van der Waals surface area contributed by atoms with Crippen molar-refractivity contribution < 1.29 is 19.8 Å². The van der Waals surface area contributed by atoms with Crippen molar-refractivity contribution in [3.63, 3.8) is 0 Å². The molecule has 0 spiro atoms. The second-order valence-corrected chi connectivity index (χ2v) is 5.29. The average Bonchev–Trinajstić information content (AvgIpc) is 2.59. The van der Waals surface area contributed by atoms with Crippen molar-refractivity contribution in [2.45, 2.75) is 13.0 Å². The molecular formula is C17H15N3O4. The van der Waals surface area contributed by atoms with E-state index in [1.807, 2.05) is 0 Å². The first-order valence-corrected chi connectivity index (χ1v) is 7.37. The van der Waals surface area contributed by atoms with Gasteiger partial charge in [-0.05, 0) is 29.7 Å². The number of aliphatic hydroxyl groups is 1. The maximum absolute atomic E-state index is 12.3. The lowest BCUT2D eigenvalue weighted by molar-refractivity contribution is 0.0970. The monoisotopic (exact) mass is 325 g/mol. The molecule has 3 rings (SSSR count). The number of carbonyl (C=O) groups excluding carboxylic acids is 2. The summed E-state index contributed by atoms with van der Waals surface area (Å²) < 4.78 is 0. The smallest absolute Gasteiger partial charge is 0.229 e. The first-order chi connectivity index (χ1) is 11.6. The zero-order valence-corrected chi connectivity index (χ0v) is 12.7. The first kappa shape index (κ1) is 15.8. The van der Waals surface area contributed by atoms with Gasteiger partial charge in [0.1, 0.15) is 17.1 Å². The van der Waals surface area contributed by atoms with Crippen LogP contribution in [0.1, 0.15) is 32.1 Å². The van der Waals surface area contributed by atoms with Gasteiger partial charge in [-0.15, -0.1) is 0 Å². The number of hydrogen-bond donors (Lipinski definition) is 3. The van der Waals surface area contributed by atoms with Crippen molar-refractivity contribution in [1.29, 1.82) is 0 Å². The molecule has 0 unspecified atom stereocenters. The zero-order valence-electron chi connectivity index (χ0n) is 12.7. The molecule has 0 saturated heterocycles. The van der Waals surface area contributed by atoms with Crippen LogP contribution < -0.4 is 5.32 Å². The van der Waals surface area contributed by atoms with Crippen molar-refractivity contribution in [3.05, 3.63) is 64.9 Å². The summed E-state index contributed by atoms with van der Waals surface area (Å²) in [6.45, 7) is 0.218. The molecule has 3 N–H and O–H groups in total. The standard InChI is InChI=1S/C17H15N3O4/c21-9-11-1-2-12(22)7-10(11)3-4-18-13-8-14(23)15-16(17(13)24)20-6-5-19-15/h1-2,5-8,18,21-22H,3-4,9H2. The predicted molar refractivity (Wildman–Crippen MR) is 84.5 cm³/mol. The number of benzene rings is 1. The van der Waals surface area contributed by atoms with Crippen LogP contribution in [0.5, 0.6) is 5.75 Å². The Morgan fingerprint density at radius 2 is 1.79 bits per heavy atom. The maximum Gasteiger partial charge on any atom is 0.229 e. The van der Waals surface area contributed by atoms with E-state index in [2.05, 4.69) is 15.3 Å². The number of rotatable bonds is 5. The van der Waals surface area contributed by atoms with Crippen LogP contribution >= 0.6 is 0 Å². The van der Waals surface area contributed by atoms with Crippen LogP contribution in [-0.4, -0.2) is 38.3 Å². The number of aliphatic hydroxyl groups excluding tert-OH is 1.